The molecule has 0 aliphatic rings. The second-order valence-corrected chi connectivity index (χ2v) is 10.2. The minimum absolute atomic E-state index is 0.510. The number of rotatable bonds is 8. The van der Waals surface area contributed by atoms with E-state index in [9.17, 15) is 0 Å². The van der Waals surface area contributed by atoms with Crippen molar-refractivity contribution in [3.05, 3.63) is 139 Å². The van der Waals surface area contributed by atoms with Gasteiger partial charge in [0, 0.05) is 24.8 Å². The highest BCUT2D eigenvalue weighted by Gasteiger charge is 2.10. The van der Waals surface area contributed by atoms with Crippen LogP contribution in [0.4, 0.5) is 0 Å². The minimum Gasteiger partial charge on any atom is -0.255 e. The van der Waals surface area contributed by atoms with Crippen LogP contribution in [-0.2, 0) is 0 Å². The van der Waals surface area contributed by atoms with Crippen LogP contribution in [0.3, 0.4) is 0 Å². The van der Waals surface area contributed by atoms with Crippen LogP contribution < -0.4 is 0 Å². The van der Waals surface area contributed by atoms with E-state index in [0.29, 0.717) is 65.6 Å². The first kappa shape index (κ1) is 29.3. The zero-order valence-corrected chi connectivity index (χ0v) is 24.8. The fraction of sp³-hybridized carbons (Fsp3) is 0. The first-order chi connectivity index (χ1) is 20.5. The summed E-state index contributed by atoms with van der Waals surface area (Å²) in [4.78, 5) is 27.3. The molecule has 5 heterocycles. The van der Waals surface area contributed by atoms with Gasteiger partial charge in [-0.3, -0.25) is 19.9 Å². The summed E-state index contributed by atoms with van der Waals surface area (Å²) >= 11 is 25.4. The normalized spacial score (nSPS) is 11.9. The number of nitrogens with zero attached hydrogens (tertiary/aromatic N) is 6. The average molecular weight is 630 g/mol. The van der Waals surface area contributed by atoms with E-state index in [1.807, 2.05) is 0 Å². The molecule has 5 rings (SSSR count). The fourth-order valence-electron chi connectivity index (χ4n) is 3.69. The molecule has 0 N–H and O–H groups in total. The van der Waals surface area contributed by atoms with Crippen LogP contribution in [0.25, 0.3) is 48.6 Å². The predicted octanol–water partition coefficient (Wildman–Crippen LogP) is 9.35. The summed E-state index contributed by atoms with van der Waals surface area (Å²) in [7, 11) is 0. The Kier molecular flexibility index (Phi) is 9.85. The van der Waals surface area contributed by atoms with E-state index in [1.165, 1.54) is 0 Å². The highest BCUT2D eigenvalue weighted by molar-refractivity contribution is 6.33. The Labute approximate surface area is 262 Å². The van der Waals surface area contributed by atoms with Crippen molar-refractivity contribution in [2.75, 3.05) is 0 Å². The van der Waals surface area contributed by atoms with Gasteiger partial charge in [-0.2, -0.15) is 0 Å². The van der Waals surface area contributed by atoms with E-state index < -0.39 is 0 Å². The molecule has 42 heavy (non-hydrogen) atoms. The summed E-state index contributed by atoms with van der Waals surface area (Å²) in [5.74, 6) is 0. The third-order valence-electron chi connectivity index (χ3n) is 5.75. The van der Waals surface area contributed by atoms with Gasteiger partial charge in [0.2, 0.25) is 0 Å². The fourth-order valence-corrected chi connectivity index (χ4v) is 4.43. The number of aromatic nitrogens is 6. The molecule has 0 amide bonds. The summed E-state index contributed by atoms with van der Waals surface area (Å²) in [5, 5.41) is 2.04. The number of hydrogen-bond acceptors (Lipinski definition) is 6. The van der Waals surface area contributed by atoms with Gasteiger partial charge in [-0.25, -0.2) is 9.97 Å². The molecule has 0 aliphatic heterocycles. The molecule has 0 unspecified atom stereocenters. The molecule has 5 aromatic rings. The van der Waals surface area contributed by atoms with Crippen molar-refractivity contribution in [2.24, 2.45) is 0 Å². The lowest BCUT2D eigenvalue weighted by molar-refractivity contribution is 1.12. The second kappa shape index (κ2) is 14.1. The highest BCUT2D eigenvalue weighted by atomic mass is 35.5. The van der Waals surface area contributed by atoms with Crippen molar-refractivity contribution in [1.29, 1.82) is 0 Å². The SMILES string of the molecule is Clc1cccnc1/C=C/c1nc(/C=C/c2ncccc2Cl)c(/C=C/c2ncccc2Cl)nc1/C=C/c1ncccc1Cl. The monoisotopic (exact) mass is 628 g/mol. The van der Waals surface area contributed by atoms with E-state index in [0.717, 1.165) is 0 Å². The summed E-state index contributed by atoms with van der Waals surface area (Å²) < 4.78 is 0. The average Bonchev–Trinajstić information content (AvgIpc) is 3.00. The smallest absolute Gasteiger partial charge is 0.0895 e. The molecule has 206 valence electrons. The van der Waals surface area contributed by atoms with Crippen LogP contribution in [0, 0.1) is 0 Å². The van der Waals surface area contributed by atoms with Crippen molar-refractivity contribution >= 4 is 95.0 Å². The quantitative estimate of drug-likeness (QED) is 0.170. The van der Waals surface area contributed by atoms with Gasteiger partial charge in [0.05, 0.1) is 65.6 Å². The Morgan fingerprint density at radius 3 is 0.762 bits per heavy atom. The topological polar surface area (TPSA) is 77.3 Å². The zero-order chi connectivity index (χ0) is 29.3. The zero-order valence-electron chi connectivity index (χ0n) is 21.7. The Morgan fingerprint density at radius 1 is 0.333 bits per heavy atom. The van der Waals surface area contributed by atoms with E-state index in [1.54, 1.807) is 122 Å². The molecule has 0 atom stereocenters. The van der Waals surface area contributed by atoms with Crippen LogP contribution in [0.5, 0.6) is 0 Å². The van der Waals surface area contributed by atoms with Crippen molar-refractivity contribution in [2.45, 2.75) is 0 Å². The minimum atomic E-state index is 0.510. The Balaban J connectivity index is 1.66. The maximum Gasteiger partial charge on any atom is 0.0895 e. The lowest BCUT2D eigenvalue weighted by Crippen LogP contribution is -2.00. The maximum absolute atomic E-state index is 6.35. The number of halogens is 4. The summed E-state index contributed by atoms with van der Waals surface area (Å²) in [6, 6.07) is 14.2. The molecule has 5 aromatic heterocycles. The second-order valence-electron chi connectivity index (χ2n) is 8.58. The first-order valence-corrected chi connectivity index (χ1v) is 14.1. The number of pyridine rings is 4. The third kappa shape index (κ3) is 7.55. The molecule has 0 saturated heterocycles. The largest absolute Gasteiger partial charge is 0.255 e. The molecule has 0 bridgehead atoms. The van der Waals surface area contributed by atoms with Gasteiger partial charge in [-0.15, -0.1) is 0 Å². The van der Waals surface area contributed by atoms with Gasteiger partial charge in [0.25, 0.3) is 0 Å². The molecule has 0 aromatic carbocycles. The molecular formula is C32H20Cl4N6. The van der Waals surface area contributed by atoms with E-state index in [4.69, 9.17) is 56.4 Å². The molecule has 0 radical (unpaired) electrons. The van der Waals surface area contributed by atoms with Crippen LogP contribution in [0.15, 0.2) is 73.3 Å². The molecular weight excluding hydrogens is 610 g/mol. The van der Waals surface area contributed by atoms with Gasteiger partial charge < -0.3 is 0 Å². The lowest BCUT2D eigenvalue weighted by atomic mass is 10.1. The van der Waals surface area contributed by atoms with Crippen LogP contribution >= 0.6 is 46.4 Å². The predicted molar refractivity (Wildman–Crippen MR) is 175 cm³/mol. The Bertz CT molecular complexity index is 1590. The van der Waals surface area contributed by atoms with Crippen LogP contribution in [0.1, 0.15) is 45.6 Å². The van der Waals surface area contributed by atoms with Crippen molar-refractivity contribution < 1.29 is 0 Å². The summed E-state index contributed by atoms with van der Waals surface area (Å²) in [5.41, 5.74) is 4.59. The van der Waals surface area contributed by atoms with Crippen molar-refractivity contribution in [3.8, 4) is 0 Å². The van der Waals surface area contributed by atoms with Gasteiger partial charge in [-0.05, 0) is 97.1 Å². The summed E-state index contributed by atoms with van der Waals surface area (Å²) in [6.07, 6.45) is 21.0. The molecule has 0 aliphatic carbocycles. The van der Waals surface area contributed by atoms with Gasteiger partial charge >= 0.3 is 0 Å². The van der Waals surface area contributed by atoms with E-state index in [-0.39, 0.29) is 0 Å². The standard InChI is InChI=1S/C32H20Cl4N6/c33-21-5-1-17-37-25(21)9-13-29-30(14-10-26-22(34)6-2-18-38-26)42-32(16-12-28-24(36)8-4-20-40-28)31(41-29)15-11-27-23(35)7-3-19-39-27/h1-20H/b13-9+,14-10+,15-11+,16-12+. The highest BCUT2D eigenvalue weighted by Crippen LogP contribution is 2.24. The summed E-state index contributed by atoms with van der Waals surface area (Å²) in [6.45, 7) is 0. The third-order valence-corrected chi connectivity index (χ3v) is 7.03. The van der Waals surface area contributed by atoms with Gasteiger partial charge in [0.1, 0.15) is 0 Å². The molecule has 0 fully saturated rings. The van der Waals surface area contributed by atoms with Crippen LogP contribution in [0.2, 0.25) is 20.1 Å². The van der Waals surface area contributed by atoms with Gasteiger partial charge in [-0.1, -0.05) is 46.4 Å². The molecule has 0 saturated carbocycles. The van der Waals surface area contributed by atoms with E-state index in [2.05, 4.69) is 19.9 Å². The molecule has 10 heteroatoms. The van der Waals surface area contributed by atoms with Crippen molar-refractivity contribution in [3.63, 3.8) is 0 Å². The number of hydrogen-bond donors (Lipinski definition) is 0. The first-order valence-electron chi connectivity index (χ1n) is 12.5. The Hall–Kier alpha value is -4.20. The van der Waals surface area contributed by atoms with E-state index >= 15 is 0 Å². The van der Waals surface area contributed by atoms with Crippen molar-refractivity contribution in [1.82, 2.24) is 29.9 Å². The molecule has 0 spiro atoms. The maximum atomic E-state index is 6.35. The molecule has 6 nitrogen and oxygen atoms in total. The van der Waals surface area contributed by atoms with Crippen LogP contribution in [-0.4, -0.2) is 29.9 Å². The Morgan fingerprint density at radius 2 is 0.548 bits per heavy atom. The van der Waals surface area contributed by atoms with Gasteiger partial charge in [0.15, 0.2) is 0 Å². The lowest BCUT2D eigenvalue weighted by Gasteiger charge is -2.08.